The lowest BCUT2D eigenvalue weighted by Gasteiger charge is -2.40. The van der Waals surface area contributed by atoms with E-state index in [2.05, 4.69) is 41.8 Å². The Balaban J connectivity index is 1.14. The molecular formula is C25H31N3O4. The maximum atomic E-state index is 13.0. The van der Waals surface area contributed by atoms with E-state index in [1.54, 1.807) is 6.07 Å². The number of carbonyl (C=O) groups excluding carboxylic acids is 1. The molecule has 0 saturated carbocycles. The van der Waals surface area contributed by atoms with Gasteiger partial charge in [-0.05, 0) is 55.3 Å². The molecule has 170 valence electrons. The summed E-state index contributed by atoms with van der Waals surface area (Å²) in [5.41, 5.74) is 4.62. The molecule has 3 aliphatic heterocycles. The molecule has 1 unspecified atom stereocenters. The molecule has 0 aliphatic carbocycles. The fourth-order valence-corrected chi connectivity index (χ4v) is 4.63. The van der Waals surface area contributed by atoms with Crippen molar-refractivity contribution in [1.82, 2.24) is 9.80 Å². The number of ether oxygens (including phenoxy) is 3. The van der Waals surface area contributed by atoms with Crippen molar-refractivity contribution in [2.75, 3.05) is 64.1 Å². The number of hydrogen-bond donors (Lipinski definition) is 0. The van der Waals surface area contributed by atoms with Gasteiger partial charge >= 0.3 is 0 Å². The number of benzene rings is 2. The molecule has 2 aromatic rings. The van der Waals surface area contributed by atoms with Crippen molar-refractivity contribution < 1.29 is 19.0 Å². The number of piperazine rings is 1. The minimum atomic E-state index is 0.0242. The number of anilines is 1. The molecule has 2 fully saturated rings. The fourth-order valence-electron chi connectivity index (χ4n) is 4.63. The van der Waals surface area contributed by atoms with Gasteiger partial charge in [-0.1, -0.05) is 6.07 Å². The van der Waals surface area contributed by atoms with Crippen molar-refractivity contribution in [3.05, 3.63) is 53.1 Å². The third-order valence-electron chi connectivity index (χ3n) is 6.74. The molecule has 2 saturated heterocycles. The first-order chi connectivity index (χ1) is 15.6. The van der Waals surface area contributed by atoms with Crippen molar-refractivity contribution >= 4 is 11.6 Å². The van der Waals surface area contributed by atoms with Gasteiger partial charge in [0.1, 0.15) is 0 Å². The molecule has 0 radical (unpaired) electrons. The lowest BCUT2D eigenvalue weighted by atomic mass is 10.1. The van der Waals surface area contributed by atoms with Gasteiger partial charge in [0.05, 0.1) is 12.7 Å². The van der Waals surface area contributed by atoms with Crippen molar-refractivity contribution in [2.24, 2.45) is 0 Å². The molecule has 0 spiro atoms. The first-order valence-corrected chi connectivity index (χ1v) is 11.4. The third kappa shape index (κ3) is 4.40. The van der Waals surface area contributed by atoms with Gasteiger partial charge in [0.15, 0.2) is 11.5 Å². The third-order valence-corrected chi connectivity index (χ3v) is 6.74. The van der Waals surface area contributed by atoms with Gasteiger partial charge in [0.25, 0.3) is 5.91 Å². The van der Waals surface area contributed by atoms with Crippen LogP contribution in [0.2, 0.25) is 0 Å². The predicted octanol–water partition coefficient (Wildman–Crippen LogP) is 2.70. The van der Waals surface area contributed by atoms with Crippen LogP contribution >= 0.6 is 0 Å². The second-order valence-corrected chi connectivity index (χ2v) is 8.87. The smallest absolute Gasteiger partial charge is 0.254 e. The fraction of sp³-hybridized carbons (Fsp3) is 0.480. The second kappa shape index (κ2) is 9.00. The maximum Gasteiger partial charge on any atom is 0.254 e. The van der Waals surface area contributed by atoms with Crippen LogP contribution in [0, 0.1) is 13.8 Å². The standard InChI is InChI=1S/C25H31N3O4/c1-18-3-5-21(13-19(18)2)27-9-7-26(8-10-27)15-22-16-28(11-12-30-22)25(29)20-4-6-23-24(14-20)32-17-31-23/h3-6,13-14,22H,7-12,15-17H2,1-2H3. The molecule has 0 N–H and O–H groups in total. The predicted molar refractivity (Wildman–Crippen MR) is 123 cm³/mol. The number of morpholine rings is 1. The Morgan fingerprint density at radius 2 is 1.75 bits per heavy atom. The highest BCUT2D eigenvalue weighted by Gasteiger charge is 2.29. The van der Waals surface area contributed by atoms with E-state index in [4.69, 9.17) is 14.2 Å². The van der Waals surface area contributed by atoms with Crippen LogP contribution in [-0.4, -0.2) is 81.0 Å². The summed E-state index contributed by atoms with van der Waals surface area (Å²) in [6, 6.07) is 12.1. The van der Waals surface area contributed by atoms with Crippen molar-refractivity contribution in [1.29, 1.82) is 0 Å². The van der Waals surface area contributed by atoms with E-state index >= 15 is 0 Å². The minimum absolute atomic E-state index is 0.0242. The largest absolute Gasteiger partial charge is 0.454 e. The van der Waals surface area contributed by atoms with Crippen molar-refractivity contribution in [2.45, 2.75) is 20.0 Å². The summed E-state index contributed by atoms with van der Waals surface area (Å²) < 4.78 is 16.8. The number of hydrogen-bond acceptors (Lipinski definition) is 6. The Morgan fingerprint density at radius 1 is 0.938 bits per heavy atom. The highest BCUT2D eigenvalue weighted by atomic mass is 16.7. The molecule has 2 aromatic carbocycles. The molecule has 32 heavy (non-hydrogen) atoms. The first kappa shape index (κ1) is 21.1. The summed E-state index contributed by atoms with van der Waals surface area (Å²) in [4.78, 5) is 19.9. The van der Waals surface area contributed by atoms with E-state index in [9.17, 15) is 4.79 Å². The van der Waals surface area contributed by atoms with Gasteiger partial charge < -0.3 is 24.0 Å². The quantitative estimate of drug-likeness (QED) is 0.733. The van der Waals surface area contributed by atoms with E-state index in [0.29, 0.717) is 36.8 Å². The Kier molecular flexibility index (Phi) is 5.93. The molecule has 3 aliphatic rings. The van der Waals surface area contributed by atoms with E-state index in [-0.39, 0.29) is 18.8 Å². The van der Waals surface area contributed by atoms with E-state index < -0.39 is 0 Å². The van der Waals surface area contributed by atoms with Gasteiger partial charge in [0.2, 0.25) is 6.79 Å². The Hall–Kier alpha value is -2.77. The molecule has 1 atom stereocenters. The summed E-state index contributed by atoms with van der Waals surface area (Å²) in [5.74, 6) is 1.36. The number of rotatable bonds is 4. The highest BCUT2D eigenvalue weighted by Crippen LogP contribution is 2.33. The van der Waals surface area contributed by atoms with Crippen LogP contribution in [0.4, 0.5) is 5.69 Å². The van der Waals surface area contributed by atoms with Crippen LogP contribution in [0.3, 0.4) is 0 Å². The van der Waals surface area contributed by atoms with Gasteiger partial charge in [-0.15, -0.1) is 0 Å². The zero-order valence-electron chi connectivity index (χ0n) is 18.9. The molecule has 3 heterocycles. The number of nitrogens with zero attached hydrogens (tertiary/aromatic N) is 3. The average molecular weight is 438 g/mol. The average Bonchev–Trinajstić information content (AvgIpc) is 3.29. The topological polar surface area (TPSA) is 54.5 Å². The zero-order valence-corrected chi connectivity index (χ0v) is 18.9. The normalized spacial score (nSPS) is 21.1. The van der Waals surface area contributed by atoms with Crippen LogP contribution in [0.1, 0.15) is 21.5 Å². The molecule has 5 rings (SSSR count). The SMILES string of the molecule is Cc1ccc(N2CCN(CC3CN(C(=O)c4ccc5c(c4)OCO5)CCO3)CC2)cc1C. The van der Waals surface area contributed by atoms with Crippen molar-refractivity contribution in [3.8, 4) is 11.5 Å². The van der Waals surface area contributed by atoms with Crippen LogP contribution in [0.25, 0.3) is 0 Å². The Morgan fingerprint density at radius 3 is 2.56 bits per heavy atom. The molecular weight excluding hydrogens is 406 g/mol. The lowest BCUT2D eigenvalue weighted by molar-refractivity contribution is -0.0363. The maximum absolute atomic E-state index is 13.0. The van der Waals surface area contributed by atoms with Gasteiger partial charge in [-0.3, -0.25) is 9.69 Å². The van der Waals surface area contributed by atoms with E-state index in [1.807, 2.05) is 17.0 Å². The number of amides is 1. The summed E-state index contributed by atoms with van der Waals surface area (Å²) in [7, 11) is 0. The van der Waals surface area contributed by atoms with Crippen LogP contribution < -0.4 is 14.4 Å². The summed E-state index contributed by atoms with van der Waals surface area (Å²) in [5, 5.41) is 0. The first-order valence-electron chi connectivity index (χ1n) is 11.4. The van der Waals surface area contributed by atoms with Crippen LogP contribution in [0.15, 0.2) is 36.4 Å². The Bertz CT molecular complexity index is 987. The molecule has 0 aromatic heterocycles. The zero-order chi connectivity index (χ0) is 22.1. The van der Waals surface area contributed by atoms with E-state index in [1.165, 1.54) is 16.8 Å². The van der Waals surface area contributed by atoms with E-state index in [0.717, 1.165) is 32.7 Å². The molecule has 7 heteroatoms. The monoisotopic (exact) mass is 437 g/mol. The summed E-state index contributed by atoms with van der Waals surface area (Å²) in [6.45, 7) is 11.2. The van der Waals surface area contributed by atoms with Crippen LogP contribution in [0.5, 0.6) is 11.5 Å². The number of carbonyl (C=O) groups is 1. The Labute approximate surface area is 189 Å². The van der Waals surface area contributed by atoms with Gasteiger partial charge in [-0.25, -0.2) is 0 Å². The van der Waals surface area contributed by atoms with Gasteiger partial charge in [0, 0.05) is 57.1 Å². The second-order valence-electron chi connectivity index (χ2n) is 8.87. The minimum Gasteiger partial charge on any atom is -0.454 e. The summed E-state index contributed by atoms with van der Waals surface area (Å²) >= 11 is 0. The molecule has 7 nitrogen and oxygen atoms in total. The summed E-state index contributed by atoms with van der Waals surface area (Å²) in [6.07, 6.45) is 0.0369. The molecule has 0 bridgehead atoms. The van der Waals surface area contributed by atoms with Gasteiger partial charge in [-0.2, -0.15) is 0 Å². The number of fused-ring (bicyclic) bond motifs is 1. The van der Waals surface area contributed by atoms with Crippen molar-refractivity contribution in [3.63, 3.8) is 0 Å². The van der Waals surface area contributed by atoms with Crippen LogP contribution in [-0.2, 0) is 4.74 Å². The number of aryl methyl sites for hydroxylation is 2. The highest BCUT2D eigenvalue weighted by molar-refractivity contribution is 5.95. The lowest BCUT2D eigenvalue weighted by Crippen LogP contribution is -2.53. The molecule has 1 amide bonds.